The van der Waals surface area contributed by atoms with Crippen molar-refractivity contribution in [3.63, 3.8) is 0 Å². The van der Waals surface area contributed by atoms with Crippen molar-refractivity contribution in [3.8, 4) is 0 Å². The first kappa shape index (κ1) is 19.3. The second kappa shape index (κ2) is 8.05. The van der Waals surface area contributed by atoms with Gasteiger partial charge in [-0.05, 0) is 41.1 Å². The Morgan fingerprint density at radius 1 is 0.962 bits per heavy atom. The molecule has 26 heavy (non-hydrogen) atoms. The van der Waals surface area contributed by atoms with Crippen LogP contribution in [0.2, 0.25) is 5.04 Å². The molecular weight excluding hydrogens is 340 g/mol. The molecule has 3 rings (SSSR count). The average Bonchev–Trinajstić information content (AvgIpc) is 2.68. The molecule has 1 fully saturated rings. The Bertz CT molecular complexity index is 640. The third-order valence-corrected chi connectivity index (χ3v) is 10.3. The summed E-state index contributed by atoms with van der Waals surface area (Å²) in [6, 6.07) is 20.3. The lowest BCUT2D eigenvalue weighted by molar-refractivity contribution is -0.0593. The van der Waals surface area contributed by atoms with Gasteiger partial charge in [0.25, 0.3) is 8.32 Å². The van der Waals surface area contributed by atoms with Crippen LogP contribution in [0.4, 0.5) is 0 Å². The number of hydrogen-bond acceptors (Lipinski definition) is 3. The molecule has 1 aliphatic rings. The molecule has 4 heteroatoms. The Balaban J connectivity index is 1.86. The third kappa shape index (κ3) is 3.94. The van der Waals surface area contributed by atoms with E-state index < -0.39 is 8.32 Å². The monoisotopic (exact) mass is 370 g/mol. The maximum absolute atomic E-state index is 12.1. The first-order valence-corrected chi connectivity index (χ1v) is 11.5. The summed E-state index contributed by atoms with van der Waals surface area (Å²) in [6.45, 7) is 4.82. The largest absolute Gasteiger partial charge is 0.424 e. The summed E-state index contributed by atoms with van der Waals surface area (Å²) >= 11 is 0. The van der Waals surface area contributed by atoms with Crippen LogP contribution in [0, 0.1) is 0 Å². The van der Waals surface area contributed by atoms with Crippen molar-refractivity contribution in [1.82, 2.24) is 0 Å². The molecule has 2 unspecified atom stereocenters. The molecule has 1 heterocycles. The van der Waals surface area contributed by atoms with Gasteiger partial charge >= 0.3 is 0 Å². The van der Waals surface area contributed by atoms with Gasteiger partial charge in [-0.2, -0.15) is 0 Å². The Labute approximate surface area is 157 Å². The number of aliphatic hydroxyl groups is 1. The van der Waals surface area contributed by atoms with Crippen molar-refractivity contribution >= 4 is 18.7 Å². The minimum Gasteiger partial charge on any atom is -0.424 e. The van der Waals surface area contributed by atoms with Crippen LogP contribution in [-0.4, -0.2) is 37.0 Å². The van der Waals surface area contributed by atoms with E-state index in [9.17, 15) is 9.90 Å². The van der Waals surface area contributed by atoms with Crippen molar-refractivity contribution in [2.75, 3.05) is 6.61 Å². The zero-order valence-corrected chi connectivity index (χ0v) is 16.8. The average molecular weight is 371 g/mol. The van der Waals surface area contributed by atoms with Gasteiger partial charge in [-0.1, -0.05) is 74.5 Å². The molecule has 0 spiro atoms. The van der Waals surface area contributed by atoms with Crippen LogP contribution in [0.3, 0.4) is 0 Å². The SMILES string of the molecule is CC(C)(CCC1CCC(O)CO1)[Si](O)(c1ccccc1)c1ccccc1. The van der Waals surface area contributed by atoms with Crippen molar-refractivity contribution in [3.05, 3.63) is 60.7 Å². The van der Waals surface area contributed by atoms with E-state index in [0.717, 1.165) is 36.1 Å². The lowest BCUT2D eigenvalue weighted by Gasteiger charge is -2.42. The number of hydrogen-bond donors (Lipinski definition) is 2. The summed E-state index contributed by atoms with van der Waals surface area (Å²) in [5.41, 5.74) is 0. The minimum absolute atomic E-state index is 0.183. The lowest BCUT2D eigenvalue weighted by Crippen LogP contribution is -2.65. The van der Waals surface area contributed by atoms with E-state index in [1.807, 2.05) is 36.4 Å². The fraction of sp³-hybridized carbons (Fsp3) is 0.455. The summed E-state index contributed by atoms with van der Waals surface area (Å²) in [4.78, 5) is 12.1. The number of rotatable bonds is 6. The van der Waals surface area contributed by atoms with Gasteiger partial charge in [-0.15, -0.1) is 0 Å². The Morgan fingerprint density at radius 2 is 1.50 bits per heavy atom. The molecule has 0 radical (unpaired) electrons. The van der Waals surface area contributed by atoms with Crippen LogP contribution < -0.4 is 10.4 Å². The van der Waals surface area contributed by atoms with E-state index in [4.69, 9.17) is 4.74 Å². The fourth-order valence-electron chi connectivity index (χ4n) is 4.03. The van der Waals surface area contributed by atoms with E-state index in [1.54, 1.807) is 0 Å². The van der Waals surface area contributed by atoms with Gasteiger partial charge < -0.3 is 14.6 Å². The summed E-state index contributed by atoms with van der Waals surface area (Å²) in [7, 11) is -2.93. The highest BCUT2D eigenvalue weighted by Crippen LogP contribution is 2.41. The van der Waals surface area contributed by atoms with Crippen LogP contribution in [0.25, 0.3) is 0 Å². The van der Waals surface area contributed by atoms with E-state index in [0.29, 0.717) is 6.61 Å². The van der Waals surface area contributed by atoms with Crippen LogP contribution in [0.1, 0.15) is 39.5 Å². The van der Waals surface area contributed by atoms with Gasteiger partial charge in [0.2, 0.25) is 0 Å². The first-order chi connectivity index (χ1) is 12.4. The first-order valence-electron chi connectivity index (χ1n) is 9.56. The van der Waals surface area contributed by atoms with Gasteiger partial charge in [0.15, 0.2) is 0 Å². The molecule has 0 aromatic heterocycles. The van der Waals surface area contributed by atoms with Crippen LogP contribution in [0.15, 0.2) is 60.7 Å². The minimum atomic E-state index is -2.93. The second-order valence-corrected chi connectivity index (χ2v) is 12.0. The molecule has 2 aromatic rings. The zero-order valence-electron chi connectivity index (χ0n) is 15.8. The molecule has 0 aliphatic carbocycles. The van der Waals surface area contributed by atoms with E-state index >= 15 is 0 Å². The van der Waals surface area contributed by atoms with E-state index in [1.165, 1.54) is 0 Å². The molecule has 1 saturated heterocycles. The van der Waals surface area contributed by atoms with Gasteiger partial charge in [0.05, 0.1) is 18.8 Å². The third-order valence-electron chi connectivity index (χ3n) is 5.80. The molecule has 0 bridgehead atoms. The summed E-state index contributed by atoms with van der Waals surface area (Å²) in [5, 5.41) is 11.5. The fourth-order valence-corrected chi connectivity index (χ4v) is 7.78. The normalized spacial score (nSPS) is 21.5. The van der Waals surface area contributed by atoms with Crippen molar-refractivity contribution in [1.29, 1.82) is 0 Å². The molecule has 0 saturated carbocycles. The summed E-state index contributed by atoms with van der Waals surface area (Å²) < 4.78 is 5.79. The maximum atomic E-state index is 12.1. The predicted molar refractivity (Wildman–Crippen MR) is 108 cm³/mol. The quantitative estimate of drug-likeness (QED) is 0.769. The van der Waals surface area contributed by atoms with E-state index in [2.05, 4.69) is 38.1 Å². The molecule has 2 atom stereocenters. The maximum Gasteiger partial charge on any atom is 0.258 e. The number of benzene rings is 2. The second-order valence-electron chi connectivity index (χ2n) is 8.05. The molecule has 1 aliphatic heterocycles. The molecule has 0 amide bonds. The van der Waals surface area contributed by atoms with Gasteiger partial charge in [-0.25, -0.2) is 0 Å². The summed E-state index contributed by atoms with van der Waals surface area (Å²) in [6.07, 6.45) is 3.37. The van der Waals surface area contributed by atoms with Crippen LogP contribution in [0.5, 0.6) is 0 Å². The highest BCUT2D eigenvalue weighted by atomic mass is 28.4. The molecule has 2 aromatic carbocycles. The topological polar surface area (TPSA) is 49.7 Å². The highest BCUT2D eigenvalue weighted by Gasteiger charge is 2.49. The Morgan fingerprint density at radius 3 is 1.96 bits per heavy atom. The zero-order chi connectivity index (χ0) is 18.6. The predicted octanol–water partition coefficient (Wildman–Crippen LogP) is 2.84. The highest BCUT2D eigenvalue weighted by molar-refractivity contribution is 6.98. The Kier molecular flexibility index (Phi) is 5.98. The van der Waals surface area contributed by atoms with Crippen molar-refractivity contribution in [2.45, 2.75) is 56.8 Å². The van der Waals surface area contributed by atoms with Crippen LogP contribution >= 0.6 is 0 Å². The van der Waals surface area contributed by atoms with Crippen LogP contribution in [-0.2, 0) is 4.74 Å². The van der Waals surface area contributed by atoms with Crippen molar-refractivity contribution < 1.29 is 14.6 Å². The van der Waals surface area contributed by atoms with Gasteiger partial charge in [0.1, 0.15) is 0 Å². The molecule has 2 N–H and O–H groups in total. The number of ether oxygens (including phenoxy) is 1. The summed E-state index contributed by atoms with van der Waals surface area (Å²) in [5.74, 6) is 0. The standard InChI is InChI=1S/C22H30O3Si/c1-22(2,16-15-19-14-13-18(23)17-25-19)26(24,20-9-5-3-6-10-20)21-11-7-4-8-12-21/h3-12,18-19,23-24H,13-17H2,1-2H3. The molecule has 140 valence electrons. The van der Waals surface area contributed by atoms with E-state index in [-0.39, 0.29) is 17.2 Å². The van der Waals surface area contributed by atoms with Gasteiger partial charge in [-0.3, -0.25) is 0 Å². The van der Waals surface area contributed by atoms with Crippen molar-refractivity contribution in [2.24, 2.45) is 0 Å². The Hall–Kier alpha value is -1.46. The smallest absolute Gasteiger partial charge is 0.258 e. The number of aliphatic hydroxyl groups excluding tert-OH is 1. The molecule has 3 nitrogen and oxygen atoms in total. The lowest BCUT2D eigenvalue weighted by atomic mass is 9.98. The van der Waals surface area contributed by atoms with Gasteiger partial charge in [0, 0.05) is 0 Å². The molecular formula is C22H30O3Si.